The molecule has 1 amide bonds. The third kappa shape index (κ3) is 5.20. The number of para-hydroxylation sites is 2. The molecule has 0 saturated heterocycles. The average molecular weight is 511 g/mol. The molecule has 0 fully saturated rings. The monoisotopic (exact) mass is 510 g/mol. The number of aliphatic imine (C=N–C) groups is 2. The van der Waals surface area contributed by atoms with E-state index in [-0.39, 0.29) is 12.5 Å². The van der Waals surface area contributed by atoms with Crippen LogP contribution < -0.4 is 10.6 Å². The fourth-order valence-electron chi connectivity index (χ4n) is 4.29. The zero-order valence-electron chi connectivity index (χ0n) is 20.5. The second kappa shape index (κ2) is 10.8. The molecule has 0 aliphatic carbocycles. The summed E-state index contributed by atoms with van der Waals surface area (Å²) in [4.78, 5) is 36.2. The van der Waals surface area contributed by atoms with Crippen molar-refractivity contribution in [1.82, 2.24) is 5.32 Å². The Morgan fingerprint density at radius 2 is 1.62 bits per heavy atom. The molecule has 2 aliphatic rings. The Morgan fingerprint density at radius 1 is 0.946 bits per heavy atom. The van der Waals surface area contributed by atoms with Crippen LogP contribution in [0.25, 0.3) is 0 Å². The number of thioether (sulfide) groups is 1. The van der Waals surface area contributed by atoms with Gasteiger partial charge in [0.1, 0.15) is 11.3 Å². The molecule has 2 unspecified atom stereocenters. The fourth-order valence-corrected chi connectivity index (χ4v) is 5.36. The summed E-state index contributed by atoms with van der Waals surface area (Å²) in [5.74, 6) is -0.612. The lowest BCUT2D eigenvalue weighted by molar-refractivity contribution is -0.139. The van der Waals surface area contributed by atoms with Crippen molar-refractivity contribution >= 4 is 45.9 Å². The molecule has 0 radical (unpaired) electrons. The first-order valence-corrected chi connectivity index (χ1v) is 12.9. The molecule has 0 saturated carbocycles. The highest BCUT2D eigenvalue weighted by Crippen LogP contribution is 2.36. The lowest BCUT2D eigenvalue weighted by Crippen LogP contribution is -2.37. The minimum absolute atomic E-state index is 0.198. The molecule has 2 N–H and O–H groups in total. The van der Waals surface area contributed by atoms with Crippen molar-refractivity contribution in [3.05, 3.63) is 107 Å². The standard InChI is InChI=1S/C29H26N4O3S/c1-3-36-28(35)23-18(2)30-29(33-24(23)19-12-6-4-7-13-19)37-26-25(20-14-8-5-9-15-20)31-21-16-10-11-17-22(21)32-27(26)34/h4-17,24,26H,3H2,1-2H3,(H,30,33)(H,32,34). The van der Waals surface area contributed by atoms with E-state index in [1.165, 1.54) is 11.8 Å². The van der Waals surface area contributed by atoms with Crippen molar-refractivity contribution < 1.29 is 14.3 Å². The number of carbonyl (C=O) groups is 2. The van der Waals surface area contributed by atoms with Gasteiger partial charge in [0.15, 0.2) is 5.17 Å². The van der Waals surface area contributed by atoms with Gasteiger partial charge in [0.25, 0.3) is 0 Å². The number of fused-ring (bicyclic) bond motifs is 1. The van der Waals surface area contributed by atoms with Gasteiger partial charge >= 0.3 is 5.97 Å². The minimum atomic E-state index is -0.686. The second-order valence-corrected chi connectivity index (χ2v) is 9.59. The topological polar surface area (TPSA) is 92.1 Å². The summed E-state index contributed by atoms with van der Waals surface area (Å²) in [7, 11) is 0. The van der Waals surface area contributed by atoms with Crippen LogP contribution in [0.3, 0.4) is 0 Å². The number of rotatable bonds is 5. The number of amides is 1. The van der Waals surface area contributed by atoms with Gasteiger partial charge in [-0.3, -0.25) is 4.79 Å². The maximum Gasteiger partial charge on any atom is 0.338 e. The smallest absolute Gasteiger partial charge is 0.338 e. The highest BCUT2D eigenvalue weighted by Gasteiger charge is 2.35. The fraction of sp³-hybridized carbons (Fsp3) is 0.172. The van der Waals surface area contributed by atoms with Crippen molar-refractivity contribution in [1.29, 1.82) is 0 Å². The number of carbonyl (C=O) groups excluding carboxylic acids is 2. The molecule has 2 aliphatic heterocycles. The maximum absolute atomic E-state index is 13.5. The van der Waals surface area contributed by atoms with Gasteiger partial charge in [0.2, 0.25) is 5.91 Å². The van der Waals surface area contributed by atoms with Gasteiger partial charge in [-0.15, -0.1) is 0 Å². The quantitative estimate of drug-likeness (QED) is 0.449. The Hall–Kier alpha value is -4.17. The summed E-state index contributed by atoms with van der Waals surface area (Å²) in [6.45, 7) is 3.87. The second-order valence-electron chi connectivity index (χ2n) is 8.50. The van der Waals surface area contributed by atoms with Gasteiger partial charge in [-0.2, -0.15) is 0 Å². The van der Waals surface area contributed by atoms with E-state index in [9.17, 15) is 9.59 Å². The zero-order chi connectivity index (χ0) is 25.8. The first kappa shape index (κ1) is 24.5. The van der Waals surface area contributed by atoms with E-state index in [2.05, 4.69) is 10.6 Å². The molecule has 2 heterocycles. The van der Waals surface area contributed by atoms with Crippen LogP contribution in [0.4, 0.5) is 11.4 Å². The van der Waals surface area contributed by atoms with Crippen molar-refractivity contribution in [3.63, 3.8) is 0 Å². The molecular formula is C29H26N4O3S. The van der Waals surface area contributed by atoms with Crippen LogP contribution >= 0.6 is 11.8 Å². The molecule has 37 heavy (non-hydrogen) atoms. The number of amidine groups is 1. The summed E-state index contributed by atoms with van der Waals surface area (Å²) in [5.41, 5.74) is 4.78. The number of nitrogens with zero attached hydrogens (tertiary/aromatic N) is 2. The number of hydrogen-bond acceptors (Lipinski definition) is 7. The van der Waals surface area contributed by atoms with Crippen LogP contribution in [0.15, 0.2) is 106 Å². The van der Waals surface area contributed by atoms with Crippen LogP contribution in [-0.4, -0.2) is 34.6 Å². The van der Waals surface area contributed by atoms with Crippen LogP contribution in [0.5, 0.6) is 0 Å². The Balaban J connectivity index is 1.55. The number of ether oxygens (including phenoxy) is 1. The van der Waals surface area contributed by atoms with Gasteiger partial charge in [0.05, 0.1) is 29.3 Å². The summed E-state index contributed by atoms with van der Waals surface area (Å²) in [6.07, 6.45) is 0. The molecule has 0 aromatic heterocycles. The highest BCUT2D eigenvalue weighted by molar-refractivity contribution is 8.15. The largest absolute Gasteiger partial charge is 0.463 e. The van der Waals surface area contributed by atoms with Crippen molar-refractivity contribution in [3.8, 4) is 0 Å². The Morgan fingerprint density at radius 3 is 2.35 bits per heavy atom. The SMILES string of the molecule is CCOC(=O)C1=C(C)NC(SC2C(=O)Nc3ccccc3N=C2c2ccccc2)=NC1c1ccccc1. The number of anilines is 1. The van der Waals surface area contributed by atoms with E-state index in [0.29, 0.717) is 33.5 Å². The molecule has 7 nitrogen and oxygen atoms in total. The van der Waals surface area contributed by atoms with Crippen LogP contribution in [-0.2, 0) is 14.3 Å². The van der Waals surface area contributed by atoms with E-state index >= 15 is 0 Å². The Bertz CT molecular complexity index is 1420. The molecule has 5 rings (SSSR count). The molecule has 3 aromatic rings. The van der Waals surface area contributed by atoms with Gasteiger partial charge in [0, 0.05) is 5.70 Å². The molecule has 3 aromatic carbocycles. The van der Waals surface area contributed by atoms with E-state index in [1.54, 1.807) is 6.92 Å². The van der Waals surface area contributed by atoms with E-state index < -0.39 is 17.3 Å². The molecule has 0 bridgehead atoms. The summed E-state index contributed by atoms with van der Waals surface area (Å²) >= 11 is 1.28. The lowest BCUT2D eigenvalue weighted by Gasteiger charge is -2.27. The molecule has 0 spiro atoms. The van der Waals surface area contributed by atoms with E-state index in [4.69, 9.17) is 14.7 Å². The molecule has 8 heteroatoms. The van der Waals surface area contributed by atoms with Gasteiger partial charge < -0.3 is 15.4 Å². The van der Waals surface area contributed by atoms with Crippen LogP contribution in [0.1, 0.15) is 31.0 Å². The third-order valence-electron chi connectivity index (χ3n) is 6.02. The minimum Gasteiger partial charge on any atom is -0.463 e. The Kier molecular flexibility index (Phi) is 7.18. The van der Waals surface area contributed by atoms with Crippen LogP contribution in [0, 0.1) is 0 Å². The normalized spacial score (nSPS) is 19.0. The highest BCUT2D eigenvalue weighted by atomic mass is 32.2. The van der Waals surface area contributed by atoms with Crippen LogP contribution in [0.2, 0.25) is 0 Å². The number of hydrogen-bond donors (Lipinski definition) is 2. The van der Waals surface area contributed by atoms with Crippen molar-refractivity contribution in [2.75, 3.05) is 11.9 Å². The maximum atomic E-state index is 13.5. The molecular weight excluding hydrogens is 484 g/mol. The molecule has 186 valence electrons. The zero-order valence-corrected chi connectivity index (χ0v) is 21.3. The predicted molar refractivity (Wildman–Crippen MR) is 148 cm³/mol. The van der Waals surface area contributed by atoms with Crippen molar-refractivity contribution in [2.45, 2.75) is 25.1 Å². The third-order valence-corrected chi connectivity index (χ3v) is 7.12. The van der Waals surface area contributed by atoms with E-state index in [0.717, 1.165) is 11.1 Å². The van der Waals surface area contributed by atoms with Crippen molar-refractivity contribution in [2.24, 2.45) is 9.98 Å². The van der Waals surface area contributed by atoms with E-state index in [1.807, 2.05) is 91.9 Å². The first-order chi connectivity index (χ1) is 18.0. The Labute approximate surface area is 219 Å². The number of allylic oxidation sites excluding steroid dienone is 1. The summed E-state index contributed by atoms with van der Waals surface area (Å²) in [6, 6.07) is 26.2. The van der Waals surface area contributed by atoms with Gasteiger partial charge in [-0.05, 0) is 37.1 Å². The predicted octanol–water partition coefficient (Wildman–Crippen LogP) is 5.40. The number of esters is 1. The number of nitrogens with one attached hydrogen (secondary N) is 2. The summed E-state index contributed by atoms with van der Waals surface area (Å²) < 4.78 is 5.34. The van der Waals surface area contributed by atoms with Gasteiger partial charge in [-0.25, -0.2) is 14.8 Å². The first-order valence-electron chi connectivity index (χ1n) is 12.0. The number of benzene rings is 3. The summed E-state index contributed by atoms with van der Waals surface area (Å²) in [5, 5.41) is 6.10. The molecule has 2 atom stereocenters. The lowest BCUT2D eigenvalue weighted by atomic mass is 9.97. The average Bonchev–Trinajstić information content (AvgIpc) is 3.05. The van der Waals surface area contributed by atoms with Gasteiger partial charge in [-0.1, -0.05) is 84.6 Å².